The van der Waals surface area contributed by atoms with Crippen molar-refractivity contribution < 1.29 is 21.4 Å². The monoisotopic (exact) mass is 582 g/mol. The number of aromatic nitrogens is 2. The highest BCUT2D eigenvalue weighted by Gasteiger charge is 2.28. The van der Waals surface area contributed by atoms with Gasteiger partial charge in [-0.2, -0.15) is 0 Å². The maximum atomic E-state index is 14.1. The molecule has 1 saturated carbocycles. The van der Waals surface area contributed by atoms with Crippen LogP contribution in [-0.4, -0.2) is 42.4 Å². The third-order valence-corrected chi connectivity index (χ3v) is 11.2. The molecule has 1 aliphatic carbocycles. The molecule has 0 saturated heterocycles. The highest BCUT2D eigenvalue weighted by atomic mass is 32.2. The van der Waals surface area contributed by atoms with Crippen molar-refractivity contribution in [3.63, 3.8) is 0 Å². The Labute approximate surface area is 232 Å². The minimum Gasteiger partial charge on any atom is -0.611 e. The molecule has 0 bridgehead atoms. The molecule has 1 atom stereocenters. The number of rotatable bonds is 8. The van der Waals surface area contributed by atoms with Gasteiger partial charge in [0.2, 0.25) is 0 Å². The van der Waals surface area contributed by atoms with Crippen molar-refractivity contribution >= 4 is 47.6 Å². The average Bonchev–Trinajstić information content (AvgIpc) is 3.59. The van der Waals surface area contributed by atoms with E-state index >= 15 is 0 Å². The Kier molecular flexibility index (Phi) is 7.74. The van der Waals surface area contributed by atoms with E-state index in [1.807, 2.05) is 6.92 Å². The second-order valence-corrected chi connectivity index (χ2v) is 15.3. The van der Waals surface area contributed by atoms with Gasteiger partial charge in [-0.15, -0.1) is 0 Å². The standard InChI is InChI=1S/C29H30N2O5S3/c1-3-37(32)24-18-23-19-28(31(29(23)30-20-24)39(35,36)26-11-5-4-6-12-26)27(17-21-9-7-8-10-21)22-13-15-25(16-14-22)38(2,33)34/h4-6,11-21H,3,7-10H2,1-2H3. The van der Waals surface area contributed by atoms with Crippen LogP contribution in [0.2, 0.25) is 0 Å². The van der Waals surface area contributed by atoms with Crippen LogP contribution in [0.4, 0.5) is 0 Å². The van der Waals surface area contributed by atoms with Gasteiger partial charge in [0, 0.05) is 23.3 Å². The van der Waals surface area contributed by atoms with E-state index in [0.29, 0.717) is 32.9 Å². The lowest BCUT2D eigenvalue weighted by Crippen LogP contribution is -2.16. The lowest BCUT2D eigenvalue weighted by Gasteiger charge is -2.16. The molecular formula is C29H30N2O5S3. The van der Waals surface area contributed by atoms with Gasteiger partial charge in [-0.25, -0.2) is 25.8 Å². The quantitative estimate of drug-likeness (QED) is 0.257. The summed E-state index contributed by atoms with van der Waals surface area (Å²) in [6.07, 6.45) is 8.93. The van der Waals surface area contributed by atoms with Crippen LogP contribution in [0, 0.1) is 5.92 Å². The van der Waals surface area contributed by atoms with Crippen molar-refractivity contribution in [3.8, 4) is 0 Å². The predicted octanol–water partition coefficient (Wildman–Crippen LogP) is 5.43. The molecule has 10 heteroatoms. The van der Waals surface area contributed by atoms with Gasteiger partial charge in [-0.05, 0) is 72.8 Å². The zero-order valence-electron chi connectivity index (χ0n) is 21.8. The summed E-state index contributed by atoms with van der Waals surface area (Å²) in [7, 11) is -7.46. The fraction of sp³-hybridized carbons (Fsp3) is 0.276. The molecule has 0 N–H and O–H groups in total. The van der Waals surface area contributed by atoms with Crippen LogP contribution in [0.15, 0.2) is 93.7 Å². The normalized spacial score (nSPS) is 16.1. The Morgan fingerprint density at radius 3 is 2.28 bits per heavy atom. The molecule has 4 aromatic rings. The van der Waals surface area contributed by atoms with E-state index in [9.17, 15) is 21.4 Å². The number of pyridine rings is 1. The van der Waals surface area contributed by atoms with Crippen molar-refractivity contribution in [1.29, 1.82) is 0 Å². The van der Waals surface area contributed by atoms with Crippen molar-refractivity contribution in [2.24, 2.45) is 5.92 Å². The molecule has 1 unspecified atom stereocenters. The molecule has 39 heavy (non-hydrogen) atoms. The van der Waals surface area contributed by atoms with E-state index in [2.05, 4.69) is 11.1 Å². The topological polar surface area (TPSA) is 109 Å². The van der Waals surface area contributed by atoms with Crippen molar-refractivity contribution in [2.45, 2.75) is 47.3 Å². The fourth-order valence-corrected chi connectivity index (χ4v) is 7.94. The van der Waals surface area contributed by atoms with E-state index in [0.717, 1.165) is 31.9 Å². The Morgan fingerprint density at radius 1 is 1.00 bits per heavy atom. The molecular weight excluding hydrogens is 553 g/mol. The molecule has 0 aliphatic heterocycles. The maximum absolute atomic E-state index is 14.1. The number of hydrogen-bond acceptors (Lipinski definition) is 6. The first-order valence-electron chi connectivity index (χ1n) is 12.8. The molecule has 2 heterocycles. The van der Waals surface area contributed by atoms with E-state index in [1.165, 1.54) is 10.2 Å². The first-order valence-corrected chi connectivity index (χ1v) is 17.5. The second-order valence-electron chi connectivity index (χ2n) is 9.75. The molecule has 0 spiro atoms. The number of sulfone groups is 1. The number of hydrogen-bond donors (Lipinski definition) is 0. The molecule has 204 valence electrons. The van der Waals surface area contributed by atoms with Gasteiger partial charge in [-0.3, -0.25) is 0 Å². The average molecular weight is 583 g/mol. The highest BCUT2D eigenvalue weighted by molar-refractivity contribution is 7.91. The van der Waals surface area contributed by atoms with Crippen LogP contribution in [0.5, 0.6) is 0 Å². The van der Waals surface area contributed by atoms with Gasteiger partial charge in [0.25, 0.3) is 10.0 Å². The third-order valence-electron chi connectivity index (χ3n) is 7.05. The summed E-state index contributed by atoms with van der Waals surface area (Å²) in [5.41, 5.74) is 2.08. The Morgan fingerprint density at radius 2 is 1.67 bits per heavy atom. The molecule has 1 aliphatic rings. The number of benzene rings is 2. The molecule has 1 fully saturated rings. The number of nitrogens with zero attached hydrogens (tertiary/aromatic N) is 2. The maximum Gasteiger partial charge on any atom is 0.269 e. The van der Waals surface area contributed by atoms with E-state index in [-0.39, 0.29) is 21.4 Å². The van der Waals surface area contributed by atoms with Gasteiger partial charge < -0.3 is 4.55 Å². The lowest BCUT2D eigenvalue weighted by molar-refractivity contribution is 0.588. The Balaban J connectivity index is 1.80. The molecule has 5 rings (SSSR count). The van der Waals surface area contributed by atoms with E-state index < -0.39 is 31.0 Å². The minimum absolute atomic E-state index is 0.124. The minimum atomic E-state index is -4.07. The van der Waals surface area contributed by atoms with Crippen LogP contribution in [0.3, 0.4) is 0 Å². The van der Waals surface area contributed by atoms with E-state index in [4.69, 9.17) is 0 Å². The summed E-state index contributed by atoms with van der Waals surface area (Å²) in [6, 6.07) is 18.3. The first kappa shape index (κ1) is 27.6. The fourth-order valence-electron chi connectivity index (χ4n) is 5.04. The van der Waals surface area contributed by atoms with Crippen LogP contribution in [0.25, 0.3) is 16.6 Å². The SMILES string of the molecule is CC[S+]([O-])c1cnc2c(c1)cc(C(=CC1CCCC1)c1ccc(S(C)(=O)=O)cc1)n2S(=O)(=O)c1ccccc1. The lowest BCUT2D eigenvalue weighted by atomic mass is 9.96. The summed E-state index contributed by atoms with van der Waals surface area (Å²) in [4.78, 5) is 5.35. The van der Waals surface area contributed by atoms with Gasteiger partial charge in [0.15, 0.2) is 20.4 Å². The smallest absolute Gasteiger partial charge is 0.269 e. The van der Waals surface area contributed by atoms with Gasteiger partial charge in [-0.1, -0.05) is 49.2 Å². The Bertz CT molecular complexity index is 1740. The second kappa shape index (κ2) is 10.9. The van der Waals surface area contributed by atoms with Crippen molar-refractivity contribution in [1.82, 2.24) is 8.96 Å². The molecule has 0 radical (unpaired) electrons. The Hall–Kier alpha value is -2.92. The summed E-state index contributed by atoms with van der Waals surface area (Å²) in [6.45, 7) is 1.82. The molecule has 2 aromatic carbocycles. The zero-order valence-corrected chi connectivity index (χ0v) is 24.2. The zero-order chi connectivity index (χ0) is 27.8. The summed E-state index contributed by atoms with van der Waals surface area (Å²) in [5, 5.41) is 0.564. The van der Waals surface area contributed by atoms with Crippen LogP contribution in [-0.2, 0) is 31.0 Å². The van der Waals surface area contributed by atoms with Gasteiger partial charge in [0.1, 0.15) is 5.75 Å². The van der Waals surface area contributed by atoms with Crippen LogP contribution >= 0.6 is 0 Å². The summed E-state index contributed by atoms with van der Waals surface area (Å²) >= 11 is -1.26. The molecule has 0 amide bonds. The predicted molar refractivity (Wildman–Crippen MR) is 154 cm³/mol. The number of allylic oxidation sites excluding steroid dienone is 1. The summed E-state index contributed by atoms with van der Waals surface area (Å²) < 4.78 is 66.3. The number of fused-ring (bicyclic) bond motifs is 1. The largest absolute Gasteiger partial charge is 0.611 e. The van der Waals surface area contributed by atoms with Gasteiger partial charge >= 0.3 is 0 Å². The summed E-state index contributed by atoms with van der Waals surface area (Å²) in [5.74, 6) is 0.680. The van der Waals surface area contributed by atoms with Crippen LogP contribution < -0.4 is 0 Å². The molecule has 2 aromatic heterocycles. The van der Waals surface area contributed by atoms with Crippen LogP contribution in [0.1, 0.15) is 43.9 Å². The highest BCUT2D eigenvalue weighted by Crippen LogP contribution is 2.37. The first-order chi connectivity index (χ1) is 18.6. The van der Waals surface area contributed by atoms with Crippen molar-refractivity contribution in [2.75, 3.05) is 12.0 Å². The third kappa shape index (κ3) is 5.56. The van der Waals surface area contributed by atoms with Gasteiger partial charge in [0.05, 0.1) is 21.7 Å². The van der Waals surface area contributed by atoms with Crippen molar-refractivity contribution in [3.05, 3.63) is 90.3 Å². The molecule has 7 nitrogen and oxygen atoms in total. The van der Waals surface area contributed by atoms with E-state index in [1.54, 1.807) is 66.7 Å².